The van der Waals surface area contributed by atoms with E-state index in [1.54, 1.807) is 35.0 Å². The number of aromatic nitrogens is 2. The second-order valence-electron chi connectivity index (χ2n) is 8.49. The summed E-state index contributed by atoms with van der Waals surface area (Å²) in [7, 11) is -3.55. The van der Waals surface area contributed by atoms with E-state index in [1.807, 2.05) is 6.92 Å². The molecule has 1 saturated heterocycles. The third kappa shape index (κ3) is 5.13. The van der Waals surface area contributed by atoms with E-state index < -0.39 is 10.0 Å². The number of rotatable bonds is 6. The number of hydrogen-bond acceptors (Lipinski definition) is 4. The molecule has 34 heavy (non-hydrogen) atoms. The maximum atomic E-state index is 12.9. The molecule has 1 aliphatic rings. The van der Waals surface area contributed by atoms with E-state index in [0.29, 0.717) is 46.0 Å². The van der Waals surface area contributed by atoms with Crippen LogP contribution in [0.2, 0.25) is 10.2 Å². The second-order valence-corrected chi connectivity index (χ2v) is 11.2. The van der Waals surface area contributed by atoms with Crippen LogP contribution < -0.4 is 0 Å². The monoisotopic (exact) mass is 517 g/mol. The Balaban J connectivity index is 1.50. The molecule has 0 radical (unpaired) electrons. The summed E-state index contributed by atoms with van der Waals surface area (Å²) in [6, 6.07) is 13.2. The first-order chi connectivity index (χ1) is 16.2. The van der Waals surface area contributed by atoms with Crippen molar-refractivity contribution < 1.29 is 13.2 Å². The van der Waals surface area contributed by atoms with Gasteiger partial charge in [0.15, 0.2) is 5.78 Å². The molecular weight excluding hydrogens is 493 g/mol. The van der Waals surface area contributed by atoms with Crippen molar-refractivity contribution in [3.05, 3.63) is 81.6 Å². The van der Waals surface area contributed by atoms with Crippen LogP contribution in [0.1, 0.15) is 41.4 Å². The zero-order valence-corrected chi connectivity index (χ0v) is 21.2. The lowest BCUT2D eigenvalue weighted by Gasteiger charge is -2.29. The molecule has 9 heteroatoms. The number of ketones is 1. The van der Waals surface area contributed by atoms with E-state index in [0.717, 1.165) is 18.5 Å². The van der Waals surface area contributed by atoms with Gasteiger partial charge in [-0.1, -0.05) is 30.1 Å². The van der Waals surface area contributed by atoms with Crippen LogP contribution in [-0.4, -0.2) is 41.4 Å². The Labute approximate surface area is 209 Å². The first-order valence-corrected chi connectivity index (χ1v) is 13.2. The van der Waals surface area contributed by atoms with Gasteiger partial charge in [-0.25, -0.2) is 13.1 Å². The average molecular weight is 518 g/mol. The zero-order valence-electron chi connectivity index (χ0n) is 18.9. The average Bonchev–Trinajstić information content (AvgIpc) is 3.11. The van der Waals surface area contributed by atoms with Crippen LogP contribution in [-0.2, 0) is 10.0 Å². The third-order valence-electron chi connectivity index (χ3n) is 6.04. The standard InChI is InChI=1S/C25H25Cl2N3O3S/c1-17-13-15-29(16-14-17)34(32,33)22-9-3-19(4-10-22)24(31)12-11-23-18(2)28-30(25(23)27)21-7-5-20(26)6-8-21/h3-12,17H,13-16H2,1-2H3. The van der Waals surface area contributed by atoms with Crippen LogP contribution in [0.4, 0.5) is 0 Å². The molecule has 1 fully saturated rings. The lowest BCUT2D eigenvalue weighted by atomic mass is 10.0. The van der Waals surface area contributed by atoms with Crippen molar-refractivity contribution in [1.29, 1.82) is 0 Å². The first kappa shape index (κ1) is 24.7. The quantitative estimate of drug-likeness (QED) is 0.305. The number of benzene rings is 2. The Hall–Kier alpha value is -2.45. The molecule has 0 unspecified atom stereocenters. The molecule has 0 amide bonds. The first-order valence-electron chi connectivity index (χ1n) is 11.0. The Bertz CT molecular complexity index is 1320. The van der Waals surface area contributed by atoms with Crippen molar-refractivity contribution in [2.75, 3.05) is 13.1 Å². The highest BCUT2D eigenvalue weighted by molar-refractivity contribution is 7.89. The van der Waals surface area contributed by atoms with Crippen molar-refractivity contribution in [2.45, 2.75) is 31.6 Å². The Morgan fingerprint density at radius 1 is 1.03 bits per heavy atom. The van der Waals surface area contributed by atoms with Gasteiger partial charge < -0.3 is 0 Å². The Morgan fingerprint density at radius 3 is 2.26 bits per heavy atom. The predicted octanol–water partition coefficient (Wildman–Crippen LogP) is 5.80. The van der Waals surface area contributed by atoms with Crippen LogP contribution in [0, 0.1) is 12.8 Å². The number of halogens is 2. The van der Waals surface area contributed by atoms with E-state index in [1.165, 1.54) is 34.6 Å². The Morgan fingerprint density at radius 2 is 1.65 bits per heavy atom. The van der Waals surface area contributed by atoms with Gasteiger partial charge in [0.05, 0.1) is 16.3 Å². The summed E-state index contributed by atoms with van der Waals surface area (Å²) < 4.78 is 28.9. The molecule has 4 rings (SSSR count). The Kier molecular flexibility index (Phi) is 7.28. The molecule has 0 atom stereocenters. The van der Waals surface area contributed by atoms with E-state index >= 15 is 0 Å². The van der Waals surface area contributed by atoms with Gasteiger partial charge in [0.25, 0.3) is 0 Å². The molecule has 3 aromatic rings. The fraction of sp³-hybridized carbons (Fsp3) is 0.280. The van der Waals surface area contributed by atoms with Crippen molar-refractivity contribution >= 4 is 45.1 Å². The van der Waals surface area contributed by atoms with E-state index in [9.17, 15) is 13.2 Å². The molecule has 0 saturated carbocycles. The molecule has 2 heterocycles. The number of hydrogen-bond donors (Lipinski definition) is 0. The largest absolute Gasteiger partial charge is 0.289 e. The molecule has 1 aliphatic heterocycles. The normalized spacial score (nSPS) is 15.8. The lowest BCUT2D eigenvalue weighted by Crippen LogP contribution is -2.37. The molecule has 0 N–H and O–H groups in total. The highest BCUT2D eigenvalue weighted by Crippen LogP contribution is 2.26. The number of allylic oxidation sites excluding steroid dienone is 1. The SMILES string of the molecule is Cc1nn(-c2ccc(Cl)cc2)c(Cl)c1C=CC(=O)c1ccc(S(=O)(=O)N2CCC(C)CC2)cc1. The number of aryl methyl sites for hydroxylation is 1. The summed E-state index contributed by atoms with van der Waals surface area (Å²) in [5.74, 6) is 0.277. The summed E-state index contributed by atoms with van der Waals surface area (Å²) in [5, 5.41) is 5.44. The fourth-order valence-corrected chi connectivity index (χ4v) is 5.81. The van der Waals surface area contributed by atoms with Gasteiger partial charge in [0, 0.05) is 29.2 Å². The molecule has 0 bridgehead atoms. The van der Waals surface area contributed by atoms with Crippen molar-refractivity contribution in [2.24, 2.45) is 5.92 Å². The molecule has 6 nitrogen and oxygen atoms in total. The van der Waals surface area contributed by atoms with Crippen LogP contribution in [0.5, 0.6) is 0 Å². The molecule has 2 aromatic carbocycles. The lowest BCUT2D eigenvalue weighted by molar-refractivity contribution is 0.104. The maximum absolute atomic E-state index is 12.9. The number of sulfonamides is 1. The maximum Gasteiger partial charge on any atom is 0.243 e. The fourth-order valence-electron chi connectivity index (χ4n) is 3.87. The van der Waals surface area contributed by atoms with Gasteiger partial charge in [-0.3, -0.25) is 4.79 Å². The topological polar surface area (TPSA) is 72.3 Å². The van der Waals surface area contributed by atoms with Gasteiger partial charge in [-0.15, -0.1) is 0 Å². The van der Waals surface area contributed by atoms with E-state index in [4.69, 9.17) is 23.2 Å². The molecule has 0 aliphatic carbocycles. The molecular formula is C25H25Cl2N3O3S. The number of piperidine rings is 1. The zero-order chi connectivity index (χ0) is 24.5. The van der Waals surface area contributed by atoms with Gasteiger partial charge >= 0.3 is 0 Å². The summed E-state index contributed by atoms with van der Waals surface area (Å²) in [5.41, 5.74) is 2.44. The highest BCUT2D eigenvalue weighted by Gasteiger charge is 2.28. The van der Waals surface area contributed by atoms with Crippen LogP contribution >= 0.6 is 23.2 Å². The predicted molar refractivity (Wildman–Crippen MR) is 135 cm³/mol. The minimum Gasteiger partial charge on any atom is -0.289 e. The number of nitrogens with zero attached hydrogens (tertiary/aromatic N) is 3. The summed E-state index contributed by atoms with van der Waals surface area (Å²) in [4.78, 5) is 12.9. The summed E-state index contributed by atoms with van der Waals surface area (Å²) in [6.07, 6.45) is 4.75. The van der Waals surface area contributed by atoms with Crippen molar-refractivity contribution in [3.63, 3.8) is 0 Å². The van der Waals surface area contributed by atoms with Crippen LogP contribution in [0.15, 0.2) is 59.5 Å². The van der Waals surface area contributed by atoms with Crippen LogP contribution in [0.25, 0.3) is 11.8 Å². The molecule has 0 spiro atoms. The van der Waals surface area contributed by atoms with Crippen molar-refractivity contribution in [1.82, 2.24) is 14.1 Å². The minimum absolute atomic E-state index is 0.200. The van der Waals surface area contributed by atoms with Crippen molar-refractivity contribution in [3.8, 4) is 5.69 Å². The van der Waals surface area contributed by atoms with Gasteiger partial charge in [0.2, 0.25) is 10.0 Å². The van der Waals surface area contributed by atoms with Crippen LogP contribution in [0.3, 0.4) is 0 Å². The smallest absolute Gasteiger partial charge is 0.243 e. The minimum atomic E-state index is -3.55. The second kappa shape index (κ2) is 10.0. The van der Waals surface area contributed by atoms with Gasteiger partial charge in [-0.05, 0) is 86.4 Å². The van der Waals surface area contributed by atoms with Gasteiger partial charge in [-0.2, -0.15) is 9.40 Å². The molecule has 1 aromatic heterocycles. The summed E-state index contributed by atoms with van der Waals surface area (Å²) in [6.45, 7) is 4.99. The third-order valence-corrected chi connectivity index (χ3v) is 8.57. The number of carbonyl (C=O) groups is 1. The van der Waals surface area contributed by atoms with Gasteiger partial charge in [0.1, 0.15) is 5.15 Å². The van der Waals surface area contributed by atoms with E-state index in [2.05, 4.69) is 12.0 Å². The highest BCUT2D eigenvalue weighted by atomic mass is 35.5. The molecule has 178 valence electrons. The summed E-state index contributed by atoms with van der Waals surface area (Å²) >= 11 is 12.5. The number of carbonyl (C=O) groups excluding carboxylic acids is 1. The van der Waals surface area contributed by atoms with E-state index in [-0.39, 0.29) is 10.7 Å².